The molecule has 3 aromatic rings. The number of benzene rings is 1. The molecule has 0 aliphatic carbocycles. The molecule has 2 heterocycles. The molecule has 1 N–H and O–H groups in total. The van der Waals surface area contributed by atoms with Gasteiger partial charge in [0, 0.05) is 10.3 Å². The van der Waals surface area contributed by atoms with E-state index in [4.69, 9.17) is 11.6 Å². The molecule has 0 bridgehead atoms. The highest BCUT2D eigenvalue weighted by atomic mass is 35.5. The molecule has 0 fully saturated rings. The highest BCUT2D eigenvalue weighted by Crippen LogP contribution is 2.36. The Balaban J connectivity index is 1.84. The number of nitrogens with zero attached hydrogens (tertiary/aromatic N) is 2. The van der Waals surface area contributed by atoms with Gasteiger partial charge in [-0.1, -0.05) is 23.4 Å². The molecule has 0 radical (unpaired) electrons. The number of carbonyl (C=O) groups is 1. The normalized spacial score (nSPS) is 12.4. The van der Waals surface area contributed by atoms with Gasteiger partial charge in [0.2, 0.25) is 5.91 Å². The van der Waals surface area contributed by atoms with Crippen molar-refractivity contribution in [2.45, 2.75) is 38.0 Å². The van der Waals surface area contributed by atoms with Crippen LogP contribution in [0.2, 0.25) is 5.02 Å². The summed E-state index contributed by atoms with van der Waals surface area (Å²) in [6, 6.07) is 3.88. The van der Waals surface area contributed by atoms with Gasteiger partial charge in [0.05, 0.1) is 16.0 Å². The molecule has 8 heteroatoms. The van der Waals surface area contributed by atoms with E-state index < -0.39 is 11.1 Å². The molecule has 136 valence electrons. The highest BCUT2D eigenvalue weighted by Gasteiger charge is 2.21. The van der Waals surface area contributed by atoms with Crippen LogP contribution in [0.3, 0.4) is 0 Å². The minimum Gasteiger partial charge on any atom is -0.324 e. The summed E-state index contributed by atoms with van der Waals surface area (Å²) in [7, 11) is 0. The molecule has 0 unspecified atom stereocenters. The molecule has 1 amide bonds. The molecule has 0 saturated carbocycles. The summed E-state index contributed by atoms with van der Waals surface area (Å²) in [5, 5.41) is 4.29. The first-order valence-corrected chi connectivity index (χ1v) is 10.0. The SMILES string of the molecule is Cc1nc(S[C@@H](C)C(=O)Nc2ccc(F)cc2Cl)c2c(C)c(C)sc2n1. The first-order chi connectivity index (χ1) is 12.3. The third-order valence-electron chi connectivity index (χ3n) is 3.95. The van der Waals surface area contributed by atoms with Crippen LogP contribution in [0.5, 0.6) is 0 Å². The van der Waals surface area contributed by atoms with E-state index in [2.05, 4.69) is 22.2 Å². The monoisotopic (exact) mass is 409 g/mol. The molecule has 26 heavy (non-hydrogen) atoms. The zero-order valence-corrected chi connectivity index (χ0v) is 17.1. The van der Waals surface area contributed by atoms with Crippen LogP contribution in [0, 0.1) is 26.6 Å². The second-order valence-corrected chi connectivity index (χ2v) is 8.85. The Morgan fingerprint density at radius 3 is 2.73 bits per heavy atom. The predicted molar refractivity (Wildman–Crippen MR) is 107 cm³/mol. The number of nitrogens with one attached hydrogen (secondary N) is 1. The Morgan fingerprint density at radius 1 is 1.31 bits per heavy atom. The Labute approximate surface area is 164 Å². The number of aromatic nitrogens is 2. The molecule has 2 aromatic heterocycles. The van der Waals surface area contributed by atoms with Crippen molar-refractivity contribution in [1.82, 2.24) is 9.97 Å². The zero-order chi connectivity index (χ0) is 19.0. The van der Waals surface area contributed by atoms with Crippen molar-refractivity contribution in [2.75, 3.05) is 5.32 Å². The summed E-state index contributed by atoms with van der Waals surface area (Å²) in [6.45, 7) is 7.74. The topological polar surface area (TPSA) is 54.9 Å². The number of thioether (sulfide) groups is 1. The molecule has 0 aliphatic heterocycles. The smallest absolute Gasteiger partial charge is 0.237 e. The number of hydrogen-bond acceptors (Lipinski definition) is 5. The molecule has 0 spiro atoms. The molecule has 3 rings (SSSR count). The van der Waals surface area contributed by atoms with Gasteiger partial charge in [-0.15, -0.1) is 11.3 Å². The zero-order valence-electron chi connectivity index (χ0n) is 14.7. The van der Waals surface area contributed by atoms with E-state index in [0.717, 1.165) is 20.8 Å². The van der Waals surface area contributed by atoms with Gasteiger partial charge in [-0.25, -0.2) is 14.4 Å². The lowest BCUT2D eigenvalue weighted by atomic mass is 10.2. The summed E-state index contributed by atoms with van der Waals surface area (Å²) in [6.07, 6.45) is 0. The fourth-order valence-corrected chi connectivity index (χ4v) is 4.85. The number of amides is 1. The standard InChI is InChI=1S/C18H17ClFN3OS2/c1-8-9(2)25-17-15(8)18(22-11(4)21-17)26-10(3)16(24)23-14-6-5-12(20)7-13(14)19/h5-7,10H,1-4H3,(H,23,24)/t10-/m0/s1. The summed E-state index contributed by atoms with van der Waals surface area (Å²) in [5.41, 5.74) is 1.53. The lowest BCUT2D eigenvalue weighted by Gasteiger charge is -2.13. The number of carbonyl (C=O) groups excluding carboxylic acids is 1. The third kappa shape index (κ3) is 3.84. The van der Waals surface area contributed by atoms with Crippen LogP contribution in [0.1, 0.15) is 23.2 Å². The molecule has 1 atom stereocenters. The maximum atomic E-state index is 13.1. The van der Waals surface area contributed by atoms with E-state index in [9.17, 15) is 9.18 Å². The second kappa shape index (κ2) is 7.50. The fraction of sp³-hybridized carbons (Fsp3) is 0.278. The van der Waals surface area contributed by atoms with E-state index in [1.807, 2.05) is 13.8 Å². The second-order valence-electron chi connectivity index (χ2n) is 5.91. The summed E-state index contributed by atoms with van der Waals surface area (Å²) < 4.78 is 13.1. The summed E-state index contributed by atoms with van der Waals surface area (Å²) in [5.74, 6) is 0.00513. The van der Waals surface area contributed by atoms with Crippen molar-refractivity contribution >= 4 is 56.5 Å². The first kappa shape index (κ1) is 19.1. The van der Waals surface area contributed by atoms with E-state index in [0.29, 0.717) is 11.5 Å². The highest BCUT2D eigenvalue weighted by molar-refractivity contribution is 8.00. The first-order valence-electron chi connectivity index (χ1n) is 7.93. The van der Waals surface area contributed by atoms with Crippen molar-refractivity contribution in [1.29, 1.82) is 0 Å². The Kier molecular flexibility index (Phi) is 5.50. The molecule has 0 saturated heterocycles. The average Bonchev–Trinajstić information content (AvgIpc) is 2.84. The lowest BCUT2D eigenvalue weighted by Crippen LogP contribution is -2.22. The Morgan fingerprint density at radius 2 is 2.04 bits per heavy atom. The molecule has 4 nitrogen and oxygen atoms in total. The van der Waals surface area contributed by atoms with Crippen molar-refractivity contribution in [3.05, 3.63) is 45.3 Å². The van der Waals surface area contributed by atoms with Gasteiger partial charge >= 0.3 is 0 Å². The van der Waals surface area contributed by atoms with Crippen LogP contribution in [0.15, 0.2) is 23.2 Å². The van der Waals surface area contributed by atoms with E-state index in [1.54, 1.807) is 18.3 Å². The summed E-state index contributed by atoms with van der Waals surface area (Å²) in [4.78, 5) is 23.7. The molecule has 1 aromatic carbocycles. The van der Waals surface area contributed by atoms with Crippen LogP contribution in [-0.2, 0) is 4.79 Å². The molecule has 0 aliphatic rings. The molecular weight excluding hydrogens is 393 g/mol. The van der Waals surface area contributed by atoms with Crippen molar-refractivity contribution in [3.63, 3.8) is 0 Å². The van der Waals surface area contributed by atoms with Crippen LogP contribution >= 0.6 is 34.7 Å². The van der Waals surface area contributed by atoms with Gasteiger partial charge in [0.1, 0.15) is 21.5 Å². The number of halogens is 2. The van der Waals surface area contributed by atoms with E-state index in [1.165, 1.54) is 34.8 Å². The van der Waals surface area contributed by atoms with Crippen LogP contribution in [0.4, 0.5) is 10.1 Å². The number of rotatable bonds is 4. The average molecular weight is 410 g/mol. The Hall–Kier alpha value is -1.70. The third-order valence-corrected chi connectivity index (χ3v) is 6.45. The quantitative estimate of drug-likeness (QED) is 0.454. The van der Waals surface area contributed by atoms with Crippen molar-refractivity contribution in [3.8, 4) is 0 Å². The fourth-order valence-electron chi connectivity index (χ4n) is 2.45. The largest absolute Gasteiger partial charge is 0.324 e. The maximum absolute atomic E-state index is 13.1. The van der Waals surface area contributed by atoms with Gasteiger partial charge in [0.25, 0.3) is 0 Å². The van der Waals surface area contributed by atoms with Gasteiger partial charge in [-0.2, -0.15) is 0 Å². The van der Waals surface area contributed by atoms with E-state index in [-0.39, 0.29) is 10.9 Å². The van der Waals surface area contributed by atoms with Crippen LogP contribution < -0.4 is 5.32 Å². The van der Waals surface area contributed by atoms with Crippen LogP contribution in [0.25, 0.3) is 10.2 Å². The number of thiophene rings is 1. The van der Waals surface area contributed by atoms with Crippen LogP contribution in [-0.4, -0.2) is 21.1 Å². The summed E-state index contributed by atoms with van der Waals surface area (Å²) >= 11 is 8.99. The lowest BCUT2D eigenvalue weighted by molar-refractivity contribution is -0.115. The van der Waals surface area contributed by atoms with E-state index >= 15 is 0 Å². The Bertz CT molecular complexity index is 1010. The van der Waals surface area contributed by atoms with Gasteiger partial charge in [-0.05, 0) is 51.5 Å². The predicted octanol–water partition coefficient (Wildman–Crippen LogP) is 5.53. The number of hydrogen-bond donors (Lipinski definition) is 1. The minimum absolute atomic E-state index is 0.167. The number of fused-ring (bicyclic) bond motifs is 1. The van der Waals surface area contributed by atoms with Crippen molar-refractivity contribution in [2.24, 2.45) is 0 Å². The maximum Gasteiger partial charge on any atom is 0.237 e. The number of anilines is 1. The van der Waals surface area contributed by atoms with Gasteiger partial charge < -0.3 is 5.32 Å². The number of aryl methyl sites for hydroxylation is 3. The van der Waals surface area contributed by atoms with Crippen molar-refractivity contribution < 1.29 is 9.18 Å². The minimum atomic E-state index is -0.447. The van der Waals surface area contributed by atoms with Gasteiger partial charge in [0.15, 0.2) is 0 Å². The van der Waals surface area contributed by atoms with Gasteiger partial charge in [-0.3, -0.25) is 4.79 Å². The molecular formula is C18H17ClFN3OS2.